The Labute approximate surface area is 90.9 Å². The van der Waals surface area contributed by atoms with Crippen LogP contribution < -0.4 is 4.57 Å². The van der Waals surface area contributed by atoms with Crippen molar-refractivity contribution < 1.29 is 9.36 Å². The van der Waals surface area contributed by atoms with E-state index in [1.807, 2.05) is 0 Å². The molecule has 1 aromatic rings. The van der Waals surface area contributed by atoms with Crippen LogP contribution in [0.25, 0.3) is 0 Å². The second-order valence-corrected chi connectivity index (χ2v) is 4.46. The van der Waals surface area contributed by atoms with Crippen molar-refractivity contribution >= 4 is 5.78 Å². The lowest BCUT2D eigenvalue weighted by Crippen LogP contribution is -2.34. The van der Waals surface area contributed by atoms with Crippen LogP contribution in [0, 0.1) is 12.8 Å². The lowest BCUT2D eigenvalue weighted by atomic mass is 10.0. The van der Waals surface area contributed by atoms with E-state index in [0.29, 0.717) is 11.7 Å². The van der Waals surface area contributed by atoms with Gasteiger partial charge in [-0.25, -0.2) is 4.57 Å². The Morgan fingerprint density at radius 3 is 2.73 bits per heavy atom. The molecule has 2 heteroatoms. The number of carbonyl (C=O) groups is 1. The van der Waals surface area contributed by atoms with Gasteiger partial charge in [-0.05, 0) is 25.3 Å². The standard InChI is InChI=1S/C13H18NO/c1-11-5-8-14(9-6-11)10-7-12-3-2-4-13(12)15/h5-6,8-9,12H,2-4,7,10H2,1H3/q+1. The van der Waals surface area contributed by atoms with Gasteiger partial charge in [0.05, 0.1) is 0 Å². The van der Waals surface area contributed by atoms with Gasteiger partial charge in [0.25, 0.3) is 0 Å². The zero-order valence-electron chi connectivity index (χ0n) is 9.28. The fraction of sp³-hybridized carbons (Fsp3) is 0.538. The molecule has 0 aromatic carbocycles. The van der Waals surface area contributed by atoms with Crippen molar-refractivity contribution in [1.29, 1.82) is 0 Å². The van der Waals surface area contributed by atoms with Crippen LogP contribution in [-0.2, 0) is 11.3 Å². The van der Waals surface area contributed by atoms with E-state index in [-0.39, 0.29) is 0 Å². The first-order valence-corrected chi connectivity index (χ1v) is 5.74. The summed E-state index contributed by atoms with van der Waals surface area (Å²) in [5.41, 5.74) is 1.28. The smallest absolute Gasteiger partial charge is 0.169 e. The van der Waals surface area contributed by atoms with Crippen LogP contribution in [0.15, 0.2) is 24.5 Å². The molecule has 0 bridgehead atoms. The molecule has 0 N–H and O–H groups in total. The van der Waals surface area contributed by atoms with Crippen molar-refractivity contribution in [2.75, 3.05) is 0 Å². The highest BCUT2D eigenvalue weighted by molar-refractivity contribution is 5.82. The fourth-order valence-electron chi connectivity index (χ4n) is 2.18. The average molecular weight is 204 g/mol. The van der Waals surface area contributed by atoms with Crippen molar-refractivity contribution in [1.82, 2.24) is 0 Å². The van der Waals surface area contributed by atoms with Crippen LogP contribution in [0.5, 0.6) is 0 Å². The van der Waals surface area contributed by atoms with Gasteiger partial charge >= 0.3 is 0 Å². The second-order valence-electron chi connectivity index (χ2n) is 4.46. The molecule has 1 atom stereocenters. The molecule has 0 radical (unpaired) electrons. The Balaban J connectivity index is 1.87. The molecule has 2 rings (SSSR count). The number of carbonyl (C=O) groups excluding carboxylic acids is 1. The highest BCUT2D eigenvalue weighted by Gasteiger charge is 2.24. The molecule has 0 saturated heterocycles. The van der Waals surface area contributed by atoms with Gasteiger partial charge in [0, 0.05) is 30.9 Å². The maximum absolute atomic E-state index is 11.4. The number of pyridine rings is 1. The summed E-state index contributed by atoms with van der Waals surface area (Å²) in [6, 6.07) is 4.22. The number of ketones is 1. The summed E-state index contributed by atoms with van der Waals surface area (Å²) >= 11 is 0. The minimum atomic E-state index is 0.332. The van der Waals surface area contributed by atoms with Crippen molar-refractivity contribution in [3.8, 4) is 0 Å². The van der Waals surface area contributed by atoms with E-state index >= 15 is 0 Å². The van der Waals surface area contributed by atoms with Crippen LogP contribution in [-0.4, -0.2) is 5.78 Å². The normalized spacial score (nSPS) is 20.9. The number of nitrogens with zero attached hydrogens (tertiary/aromatic N) is 1. The predicted octanol–water partition coefficient (Wildman–Crippen LogP) is 2.04. The number of aromatic nitrogens is 1. The van der Waals surface area contributed by atoms with Gasteiger partial charge in [-0.1, -0.05) is 0 Å². The van der Waals surface area contributed by atoms with Gasteiger partial charge < -0.3 is 0 Å². The van der Waals surface area contributed by atoms with Crippen molar-refractivity contribution in [3.05, 3.63) is 30.1 Å². The third-order valence-corrected chi connectivity index (χ3v) is 3.22. The monoisotopic (exact) mass is 204 g/mol. The Morgan fingerprint density at radius 1 is 1.40 bits per heavy atom. The molecular weight excluding hydrogens is 186 g/mol. The Hall–Kier alpha value is -1.18. The van der Waals surface area contributed by atoms with Crippen LogP contribution >= 0.6 is 0 Å². The van der Waals surface area contributed by atoms with Gasteiger partial charge in [0.15, 0.2) is 12.4 Å². The van der Waals surface area contributed by atoms with E-state index in [2.05, 4.69) is 36.0 Å². The summed E-state index contributed by atoms with van der Waals surface area (Å²) in [5.74, 6) is 0.807. The summed E-state index contributed by atoms with van der Waals surface area (Å²) in [5, 5.41) is 0. The Morgan fingerprint density at radius 2 is 2.13 bits per heavy atom. The minimum Gasteiger partial charge on any atom is -0.299 e. The summed E-state index contributed by atoms with van der Waals surface area (Å²) < 4.78 is 2.17. The Bertz CT molecular complexity index is 342. The van der Waals surface area contributed by atoms with Crippen LogP contribution in [0.2, 0.25) is 0 Å². The van der Waals surface area contributed by atoms with Crippen molar-refractivity contribution in [2.24, 2.45) is 5.92 Å². The van der Waals surface area contributed by atoms with E-state index in [4.69, 9.17) is 0 Å². The van der Waals surface area contributed by atoms with E-state index < -0.39 is 0 Å². The molecule has 0 amide bonds. The molecule has 1 aromatic heterocycles. The van der Waals surface area contributed by atoms with E-state index in [0.717, 1.165) is 32.2 Å². The molecule has 2 nitrogen and oxygen atoms in total. The highest BCUT2D eigenvalue weighted by atomic mass is 16.1. The molecule has 0 aliphatic heterocycles. The first kappa shape index (κ1) is 10.3. The van der Waals surface area contributed by atoms with Crippen LogP contribution in [0.1, 0.15) is 31.2 Å². The first-order valence-electron chi connectivity index (χ1n) is 5.74. The zero-order chi connectivity index (χ0) is 10.7. The molecular formula is C13H18NO+. The van der Waals surface area contributed by atoms with Crippen LogP contribution in [0.4, 0.5) is 0 Å². The lowest BCUT2D eigenvalue weighted by molar-refractivity contribution is -0.697. The summed E-state index contributed by atoms with van der Waals surface area (Å²) in [7, 11) is 0. The second kappa shape index (κ2) is 4.56. The summed E-state index contributed by atoms with van der Waals surface area (Å²) in [6.45, 7) is 3.06. The summed E-state index contributed by atoms with van der Waals surface area (Å²) in [6.07, 6.45) is 8.20. The SMILES string of the molecule is Cc1cc[n+](CCC2CCCC2=O)cc1. The summed E-state index contributed by atoms with van der Waals surface area (Å²) in [4.78, 5) is 11.4. The quantitative estimate of drug-likeness (QED) is 0.690. The fourth-order valence-corrected chi connectivity index (χ4v) is 2.18. The first-order chi connectivity index (χ1) is 7.25. The van der Waals surface area contributed by atoms with Crippen LogP contribution in [0.3, 0.4) is 0 Å². The Kier molecular flexibility index (Phi) is 3.14. The van der Waals surface area contributed by atoms with Gasteiger partial charge in [-0.15, -0.1) is 0 Å². The molecule has 1 saturated carbocycles. The molecule has 0 spiro atoms. The lowest BCUT2D eigenvalue weighted by Gasteiger charge is -2.04. The highest BCUT2D eigenvalue weighted by Crippen LogP contribution is 2.23. The van der Waals surface area contributed by atoms with E-state index in [1.54, 1.807) is 0 Å². The van der Waals surface area contributed by atoms with Gasteiger partial charge in [-0.3, -0.25) is 4.79 Å². The third-order valence-electron chi connectivity index (χ3n) is 3.22. The molecule has 1 aliphatic carbocycles. The number of hydrogen-bond acceptors (Lipinski definition) is 1. The molecule has 15 heavy (non-hydrogen) atoms. The largest absolute Gasteiger partial charge is 0.299 e. The van der Waals surface area contributed by atoms with Gasteiger partial charge in [-0.2, -0.15) is 0 Å². The number of Topliss-reactive ketones (excluding diaryl/α,β-unsaturated/α-hetero) is 1. The maximum atomic E-state index is 11.4. The molecule has 80 valence electrons. The molecule has 1 aliphatic rings. The minimum absolute atomic E-state index is 0.332. The zero-order valence-corrected chi connectivity index (χ0v) is 9.28. The molecule has 1 fully saturated rings. The van der Waals surface area contributed by atoms with Gasteiger partial charge in [0.2, 0.25) is 0 Å². The predicted molar refractivity (Wildman–Crippen MR) is 58.3 cm³/mol. The average Bonchev–Trinajstić information content (AvgIpc) is 2.63. The maximum Gasteiger partial charge on any atom is 0.169 e. The topological polar surface area (TPSA) is 20.9 Å². The number of rotatable bonds is 3. The molecule has 1 heterocycles. The number of aryl methyl sites for hydroxylation is 2. The van der Waals surface area contributed by atoms with Crippen molar-refractivity contribution in [3.63, 3.8) is 0 Å². The molecule has 1 unspecified atom stereocenters. The third kappa shape index (κ3) is 2.65. The van der Waals surface area contributed by atoms with E-state index in [9.17, 15) is 4.79 Å². The van der Waals surface area contributed by atoms with Crippen molar-refractivity contribution in [2.45, 2.75) is 39.2 Å². The van der Waals surface area contributed by atoms with Gasteiger partial charge in [0.1, 0.15) is 12.3 Å². The van der Waals surface area contributed by atoms with E-state index in [1.165, 1.54) is 5.56 Å². The number of hydrogen-bond donors (Lipinski definition) is 0.